The van der Waals surface area contributed by atoms with Crippen molar-refractivity contribution in [3.63, 3.8) is 0 Å². The van der Waals surface area contributed by atoms with Crippen molar-refractivity contribution in [3.8, 4) is 5.88 Å². The first kappa shape index (κ1) is 26.2. The molecule has 0 atom stereocenters. The molecule has 0 amide bonds. The van der Waals surface area contributed by atoms with Crippen LogP contribution in [0.5, 0.6) is 5.88 Å². The van der Waals surface area contributed by atoms with E-state index in [2.05, 4.69) is 39.8 Å². The third-order valence-corrected chi connectivity index (χ3v) is 8.62. The molecule has 6 rings (SSSR count). The van der Waals surface area contributed by atoms with Crippen LogP contribution in [0.4, 0.5) is 4.39 Å². The second-order valence-electron chi connectivity index (χ2n) is 10.8. The number of para-hydroxylation sites is 2. The molecule has 39 heavy (non-hydrogen) atoms. The fraction of sp³-hybridized carbons (Fsp3) is 0.419. The van der Waals surface area contributed by atoms with Gasteiger partial charge in [-0.2, -0.15) is 0 Å². The van der Waals surface area contributed by atoms with Crippen molar-refractivity contribution < 1.29 is 13.9 Å². The Hall–Kier alpha value is -3.00. The molecule has 1 aliphatic heterocycles. The number of fused-ring (bicyclic) bond motifs is 1. The molecule has 1 saturated carbocycles. The van der Waals surface area contributed by atoms with Gasteiger partial charge in [-0.15, -0.1) is 0 Å². The Morgan fingerprint density at radius 2 is 1.85 bits per heavy atom. The summed E-state index contributed by atoms with van der Waals surface area (Å²) in [6, 6.07) is 18.9. The third kappa shape index (κ3) is 5.67. The van der Waals surface area contributed by atoms with Crippen molar-refractivity contribution in [1.29, 1.82) is 0 Å². The van der Waals surface area contributed by atoms with Crippen molar-refractivity contribution in [1.82, 2.24) is 19.4 Å². The van der Waals surface area contributed by atoms with Gasteiger partial charge in [0.1, 0.15) is 18.2 Å². The maximum absolute atomic E-state index is 14.1. The lowest BCUT2D eigenvalue weighted by Gasteiger charge is -2.41. The molecule has 0 bridgehead atoms. The maximum Gasteiger partial charge on any atom is 0.213 e. The highest BCUT2D eigenvalue weighted by atomic mass is 35.5. The van der Waals surface area contributed by atoms with Gasteiger partial charge in [-0.1, -0.05) is 35.9 Å². The van der Waals surface area contributed by atoms with Gasteiger partial charge in [-0.3, -0.25) is 4.90 Å². The topological polar surface area (TPSA) is 52.4 Å². The molecule has 3 heterocycles. The number of ether oxygens (including phenoxy) is 2. The number of methoxy groups -OCH3 is 1. The number of piperidine rings is 1. The Balaban J connectivity index is 1.10. The van der Waals surface area contributed by atoms with Crippen molar-refractivity contribution in [2.24, 2.45) is 0 Å². The van der Waals surface area contributed by atoms with E-state index in [1.165, 1.54) is 18.0 Å². The van der Waals surface area contributed by atoms with E-state index in [0.29, 0.717) is 22.4 Å². The summed E-state index contributed by atoms with van der Waals surface area (Å²) in [7, 11) is 1.84. The van der Waals surface area contributed by atoms with Crippen molar-refractivity contribution in [2.75, 3.05) is 20.2 Å². The average Bonchev–Trinajstić information content (AvgIpc) is 3.27. The average molecular weight is 549 g/mol. The van der Waals surface area contributed by atoms with Gasteiger partial charge in [-0.05, 0) is 75.5 Å². The summed E-state index contributed by atoms with van der Waals surface area (Å²) in [4.78, 5) is 12.3. The SMILES string of the molecule is COC1(Cn2c(CN3CCC(c4cccc(OCc5ccc(Cl)cc5F)n4)CC3)nc3ccccc32)CCC1. The Kier molecular flexibility index (Phi) is 7.56. The molecule has 0 radical (unpaired) electrons. The Bertz CT molecular complexity index is 1440. The van der Waals surface area contributed by atoms with E-state index in [1.54, 1.807) is 12.1 Å². The number of imidazole rings is 1. The molecule has 0 unspecified atom stereocenters. The summed E-state index contributed by atoms with van der Waals surface area (Å²) < 4.78 is 28.3. The molecular weight excluding hydrogens is 515 g/mol. The summed E-state index contributed by atoms with van der Waals surface area (Å²) in [5.74, 6) is 1.62. The minimum absolute atomic E-state index is 0.0662. The smallest absolute Gasteiger partial charge is 0.213 e. The Labute approximate surface area is 233 Å². The molecule has 4 aromatic rings. The Morgan fingerprint density at radius 1 is 1.03 bits per heavy atom. The first-order chi connectivity index (χ1) is 19.0. The lowest BCUT2D eigenvalue weighted by atomic mass is 9.80. The van der Waals surface area contributed by atoms with E-state index >= 15 is 0 Å². The fourth-order valence-corrected chi connectivity index (χ4v) is 5.98. The number of nitrogens with zero attached hydrogens (tertiary/aromatic N) is 4. The van der Waals surface area contributed by atoms with Crippen LogP contribution >= 0.6 is 11.6 Å². The first-order valence-electron chi connectivity index (χ1n) is 13.8. The van der Waals surface area contributed by atoms with E-state index in [4.69, 9.17) is 31.0 Å². The van der Waals surface area contributed by atoms with Crippen LogP contribution < -0.4 is 4.74 Å². The summed E-state index contributed by atoms with van der Waals surface area (Å²) in [5.41, 5.74) is 3.66. The fourth-order valence-electron chi connectivity index (χ4n) is 5.82. The highest BCUT2D eigenvalue weighted by Crippen LogP contribution is 2.38. The molecular formula is C31H34ClFN4O2. The van der Waals surface area contributed by atoms with Gasteiger partial charge in [0.25, 0.3) is 0 Å². The lowest BCUT2D eigenvalue weighted by Crippen LogP contribution is -2.44. The van der Waals surface area contributed by atoms with Crippen LogP contribution in [-0.4, -0.2) is 45.2 Å². The van der Waals surface area contributed by atoms with Crippen LogP contribution in [0.15, 0.2) is 60.7 Å². The number of rotatable bonds is 9. The van der Waals surface area contributed by atoms with Gasteiger partial charge >= 0.3 is 0 Å². The molecule has 6 nitrogen and oxygen atoms in total. The van der Waals surface area contributed by atoms with Gasteiger partial charge in [-0.25, -0.2) is 14.4 Å². The van der Waals surface area contributed by atoms with Gasteiger partial charge in [0.15, 0.2) is 0 Å². The number of hydrogen-bond donors (Lipinski definition) is 0. The molecule has 8 heteroatoms. The number of benzene rings is 2. The number of pyridine rings is 1. The van der Waals surface area contributed by atoms with E-state index in [-0.39, 0.29) is 18.0 Å². The van der Waals surface area contributed by atoms with Crippen LogP contribution in [0, 0.1) is 5.82 Å². The van der Waals surface area contributed by atoms with Crippen LogP contribution in [-0.2, 0) is 24.4 Å². The molecule has 1 aliphatic carbocycles. The van der Waals surface area contributed by atoms with E-state index < -0.39 is 0 Å². The zero-order chi connectivity index (χ0) is 26.8. The minimum atomic E-state index is -0.371. The van der Waals surface area contributed by atoms with Gasteiger partial charge in [0.2, 0.25) is 5.88 Å². The zero-order valence-corrected chi connectivity index (χ0v) is 23.0. The van der Waals surface area contributed by atoms with Gasteiger partial charge < -0.3 is 14.0 Å². The number of aromatic nitrogens is 3. The molecule has 2 aliphatic rings. The molecule has 0 N–H and O–H groups in total. The maximum atomic E-state index is 14.1. The predicted molar refractivity (Wildman–Crippen MR) is 151 cm³/mol. The van der Waals surface area contributed by atoms with Crippen LogP contribution in [0.2, 0.25) is 5.02 Å². The number of halogens is 2. The summed E-state index contributed by atoms with van der Waals surface area (Å²) >= 11 is 5.86. The summed E-state index contributed by atoms with van der Waals surface area (Å²) in [5, 5.41) is 0.372. The van der Waals surface area contributed by atoms with E-state index in [9.17, 15) is 4.39 Å². The van der Waals surface area contributed by atoms with Gasteiger partial charge in [0.05, 0.1) is 29.7 Å². The van der Waals surface area contributed by atoms with Crippen LogP contribution in [0.25, 0.3) is 11.0 Å². The number of hydrogen-bond acceptors (Lipinski definition) is 5. The third-order valence-electron chi connectivity index (χ3n) is 8.38. The monoisotopic (exact) mass is 548 g/mol. The molecule has 204 valence electrons. The highest BCUT2D eigenvalue weighted by Gasteiger charge is 2.38. The zero-order valence-electron chi connectivity index (χ0n) is 22.3. The van der Waals surface area contributed by atoms with E-state index in [1.807, 2.05) is 19.2 Å². The van der Waals surface area contributed by atoms with Crippen LogP contribution in [0.1, 0.15) is 55.1 Å². The van der Waals surface area contributed by atoms with Crippen molar-refractivity contribution in [3.05, 3.63) is 88.6 Å². The highest BCUT2D eigenvalue weighted by molar-refractivity contribution is 6.30. The summed E-state index contributed by atoms with van der Waals surface area (Å²) in [6.07, 6.45) is 5.47. The Morgan fingerprint density at radius 3 is 2.59 bits per heavy atom. The quantitative estimate of drug-likeness (QED) is 0.231. The second kappa shape index (κ2) is 11.2. The predicted octanol–water partition coefficient (Wildman–Crippen LogP) is 6.75. The van der Waals surface area contributed by atoms with E-state index in [0.717, 1.165) is 68.9 Å². The summed E-state index contributed by atoms with van der Waals surface area (Å²) in [6.45, 7) is 3.75. The lowest BCUT2D eigenvalue weighted by molar-refractivity contribution is -0.0834. The largest absolute Gasteiger partial charge is 0.473 e. The van der Waals surface area contributed by atoms with Crippen LogP contribution in [0.3, 0.4) is 0 Å². The second-order valence-corrected chi connectivity index (χ2v) is 11.3. The normalized spacial score (nSPS) is 17.8. The minimum Gasteiger partial charge on any atom is -0.473 e. The molecule has 2 aromatic heterocycles. The van der Waals surface area contributed by atoms with Crippen molar-refractivity contribution in [2.45, 2.75) is 63.3 Å². The molecule has 2 fully saturated rings. The molecule has 2 aromatic carbocycles. The van der Waals surface area contributed by atoms with Gasteiger partial charge in [0, 0.05) is 35.4 Å². The molecule has 0 spiro atoms. The van der Waals surface area contributed by atoms with Crippen molar-refractivity contribution >= 4 is 22.6 Å². The first-order valence-corrected chi connectivity index (χ1v) is 14.1. The molecule has 1 saturated heterocycles. The standard InChI is InChI=1S/C31H34ClFN4O2/c1-38-31(14-5-15-31)21-37-28-8-3-2-6-27(28)34-29(37)19-36-16-12-22(13-17-36)26-7-4-9-30(35-26)39-20-23-10-11-24(32)18-25(23)33/h2-4,6-11,18,22H,5,12-17,19-21H2,1H3. The number of likely N-dealkylation sites (tertiary alicyclic amines) is 1.